The van der Waals surface area contributed by atoms with Crippen molar-refractivity contribution in [2.24, 2.45) is 5.92 Å². The summed E-state index contributed by atoms with van der Waals surface area (Å²) in [5, 5.41) is 0. The molecule has 1 aliphatic carbocycles. The standard InChI is InChI=1S/C21H30FN3O4/c1-2-28-19(26)16-11-23(15-18-5-3-10-29-18)13-17-14-25(9-8-24(17)12-16)20(27)21(22)6-4-7-21/h3,5,10,16-17H,2,4,6-9,11-15H2,1H3/t16-,17-/m1/s1. The third kappa shape index (κ3) is 4.33. The summed E-state index contributed by atoms with van der Waals surface area (Å²) in [5.41, 5.74) is -1.66. The minimum absolute atomic E-state index is 0.0609. The topological polar surface area (TPSA) is 66.2 Å². The van der Waals surface area contributed by atoms with Gasteiger partial charge in [0, 0.05) is 45.3 Å². The summed E-state index contributed by atoms with van der Waals surface area (Å²) in [6, 6.07) is 3.83. The van der Waals surface area contributed by atoms with Gasteiger partial charge >= 0.3 is 5.97 Å². The van der Waals surface area contributed by atoms with Crippen molar-refractivity contribution >= 4 is 11.9 Å². The van der Waals surface area contributed by atoms with Gasteiger partial charge in [-0.05, 0) is 38.3 Å². The number of carbonyl (C=O) groups excluding carboxylic acids is 2. The van der Waals surface area contributed by atoms with E-state index in [1.165, 1.54) is 0 Å². The van der Waals surface area contributed by atoms with Crippen LogP contribution in [0.1, 0.15) is 31.9 Å². The van der Waals surface area contributed by atoms with Gasteiger partial charge < -0.3 is 14.1 Å². The lowest BCUT2D eigenvalue weighted by atomic mass is 9.80. The van der Waals surface area contributed by atoms with Crippen molar-refractivity contribution in [3.8, 4) is 0 Å². The molecule has 0 radical (unpaired) electrons. The normalized spacial score (nSPS) is 27.6. The number of esters is 1. The Balaban J connectivity index is 1.48. The molecule has 3 fully saturated rings. The third-order valence-corrected chi connectivity index (χ3v) is 6.40. The second kappa shape index (κ2) is 8.44. The van der Waals surface area contributed by atoms with Crippen LogP contribution < -0.4 is 0 Å². The van der Waals surface area contributed by atoms with Crippen LogP contribution >= 0.6 is 0 Å². The molecule has 0 aromatic carbocycles. The van der Waals surface area contributed by atoms with Crippen LogP contribution in [0.2, 0.25) is 0 Å². The predicted octanol–water partition coefficient (Wildman–Crippen LogP) is 1.68. The first-order chi connectivity index (χ1) is 14.0. The average Bonchev–Trinajstić information content (AvgIpc) is 3.11. The van der Waals surface area contributed by atoms with E-state index in [9.17, 15) is 14.0 Å². The summed E-state index contributed by atoms with van der Waals surface area (Å²) in [4.78, 5) is 31.3. The maximum Gasteiger partial charge on any atom is 0.311 e. The van der Waals surface area contributed by atoms with Gasteiger partial charge in [-0.3, -0.25) is 19.4 Å². The number of carbonyl (C=O) groups is 2. The molecule has 29 heavy (non-hydrogen) atoms. The summed E-state index contributed by atoms with van der Waals surface area (Å²) in [6.07, 6.45) is 3.10. The molecule has 7 nitrogen and oxygen atoms in total. The maximum absolute atomic E-state index is 14.7. The quantitative estimate of drug-likeness (QED) is 0.692. The van der Waals surface area contributed by atoms with Crippen molar-refractivity contribution < 1.29 is 23.1 Å². The average molecular weight is 407 g/mol. The first-order valence-electron chi connectivity index (χ1n) is 10.6. The van der Waals surface area contributed by atoms with Crippen LogP contribution in [-0.4, -0.2) is 84.2 Å². The van der Waals surface area contributed by atoms with E-state index in [2.05, 4.69) is 9.80 Å². The molecule has 1 aromatic heterocycles. The summed E-state index contributed by atoms with van der Waals surface area (Å²) in [5.74, 6) is 0.0405. The first kappa shape index (κ1) is 20.3. The molecule has 1 aromatic rings. The van der Waals surface area contributed by atoms with E-state index in [1.807, 2.05) is 19.1 Å². The molecule has 4 rings (SSSR count). The van der Waals surface area contributed by atoms with Gasteiger partial charge in [-0.25, -0.2) is 4.39 Å². The summed E-state index contributed by atoms with van der Waals surface area (Å²) in [7, 11) is 0. The Labute approximate surface area is 170 Å². The number of amides is 1. The number of rotatable bonds is 5. The van der Waals surface area contributed by atoms with Crippen molar-refractivity contribution in [3.63, 3.8) is 0 Å². The molecule has 3 aliphatic rings. The number of ether oxygens (including phenoxy) is 1. The Morgan fingerprint density at radius 2 is 2.07 bits per heavy atom. The van der Waals surface area contributed by atoms with Crippen LogP contribution in [0.4, 0.5) is 4.39 Å². The zero-order chi connectivity index (χ0) is 20.4. The van der Waals surface area contributed by atoms with Crippen molar-refractivity contribution in [2.75, 3.05) is 45.9 Å². The molecule has 2 aliphatic heterocycles. The van der Waals surface area contributed by atoms with E-state index < -0.39 is 5.67 Å². The molecule has 2 atom stereocenters. The molecule has 0 bridgehead atoms. The van der Waals surface area contributed by atoms with E-state index in [-0.39, 0.29) is 23.8 Å². The van der Waals surface area contributed by atoms with Gasteiger partial charge in [0.1, 0.15) is 5.76 Å². The number of hydrogen-bond acceptors (Lipinski definition) is 6. The van der Waals surface area contributed by atoms with Crippen LogP contribution in [-0.2, 0) is 20.9 Å². The second-order valence-corrected chi connectivity index (χ2v) is 8.44. The second-order valence-electron chi connectivity index (χ2n) is 8.44. The molecular weight excluding hydrogens is 377 g/mol. The van der Waals surface area contributed by atoms with E-state index in [0.29, 0.717) is 65.3 Å². The van der Waals surface area contributed by atoms with Gasteiger partial charge in [-0.2, -0.15) is 0 Å². The highest BCUT2D eigenvalue weighted by molar-refractivity contribution is 5.86. The summed E-state index contributed by atoms with van der Waals surface area (Å²) >= 11 is 0. The lowest BCUT2D eigenvalue weighted by Gasteiger charge is -2.45. The number of furan rings is 1. The number of piperazine rings is 1. The molecule has 2 saturated heterocycles. The number of halogens is 1. The Hall–Kier alpha value is -1.93. The van der Waals surface area contributed by atoms with Gasteiger partial charge in [0.05, 0.1) is 25.3 Å². The minimum atomic E-state index is -1.66. The lowest BCUT2D eigenvalue weighted by Crippen LogP contribution is -2.61. The number of nitrogens with zero attached hydrogens (tertiary/aromatic N) is 3. The lowest BCUT2D eigenvalue weighted by molar-refractivity contribution is -0.154. The van der Waals surface area contributed by atoms with Crippen LogP contribution in [0.5, 0.6) is 0 Å². The van der Waals surface area contributed by atoms with Gasteiger partial charge in [0.25, 0.3) is 5.91 Å². The maximum atomic E-state index is 14.7. The highest BCUT2D eigenvalue weighted by Gasteiger charge is 2.48. The van der Waals surface area contributed by atoms with Crippen LogP contribution in [0.25, 0.3) is 0 Å². The molecule has 0 unspecified atom stereocenters. The fourth-order valence-corrected chi connectivity index (χ4v) is 4.66. The van der Waals surface area contributed by atoms with E-state index in [1.54, 1.807) is 11.2 Å². The third-order valence-electron chi connectivity index (χ3n) is 6.40. The van der Waals surface area contributed by atoms with Gasteiger partial charge in [0.2, 0.25) is 0 Å². The fourth-order valence-electron chi connectivity index (χ4n) is 4.66. The molecular formula is C21H30FN3O4. The number of fused-ring (bicyclic) bond motifs is 1. The van der Waals surface area contributed by atoms with E-state index in [4.69, 9.17) is 9.15 Å². The van der Waals surface area contributed by atoms with Crippen LogP contribution in [0.15, 0.2) is 22.8 Å². The van der Waals surface area contributed by atoms with Gasteiger partial charge in [-0.15, -0.1) is 0 Å². The van der Waals surface area contributed by atoms with Crippen LogP contribution in [0, 0.1) is 5.92 Å². The Morgan fingerprint density at radius 3 is 2.72 bits per heavy atom. The zero-order valence-corrected chi connectivity index (χ0v) is 17.0. The highest BCUT2D eigenvalue weighted by Crippen LogP contribution is 2.38. The molecule has 0 spiro atoms. The summed E-state index contributed by atoms with van der Waals surface area (Å²) in [6.45, 7) is 6.29. The van der Waals surface area contributed by atoms with Crippen molar-refractivity contribution in [2.45, 2.75) is 44.4 Å². The smallest absolute Gasteiger partial charge is 0.311 e. The highest BCUT2D eigenvalue weighted by atomic mass is 19.1. The Morgan fingerprint density at radius 1 is 1.24 bits per heavy atom. The van der Waals surface area contributed by atoms with Crippen molar-refractivity contribution in [1.82, 2.24) is 14.7 Å². The van der Waals surface area contributed by atoms with E-state index in [0.717, 1.165) is 12.2 Å². The molecule has 1 saturated carbocycles. The Bertz CT molecular complexity index is 722. The zero-order valence-electron chi connectivity index (χ0n) is 17.0. The molecule has 1 amide bonds. The van der Waals surface area contributed by atoms with Gasteiger partial charge in [0.15, 0.2) is 5.67 Å². The molecule has 0 N–H and O–H groups in total. The predicted molar refractivity (Wildman–Crippen MR) is 104 cm³/mol. The minimum Gasteiger partial charge on any atom is -0.468 e. The fraction of sp³-hybridized carbons (Fsp3) is 0.714. The monoisotopic (exact) mass is 407 g/mol. The molecule has 8 heteroatoms. The Kier molecular flexibility index (Phi) is 5.92. The van der Waals surface area contributed by atoms with Crippen molar-refractivity contribution in [1.29, 1.82) is 0 Å². The first-order valence-corrected chi connectivity index (χ1v) is 10.6. The molecule has 160 valence electrons. The molecule has 3 heterocycles. The van der Waals surface area contributed by atoms with Crippen molar-refractivity contribution in [3.05, 3.63) is 24.2 Å². The number of alkyl halides is 1. The van der Waals surface area contributed by atoms with Crippen LogP contribution in [0.3, 0.4) is 0 Å². The largest absolute Gasteiger partial charge is 0.468 e. The van der Waals surface area contributed by atoms with E-state index >= 15 is 0 Å². The summed E-state index contributed by atoms with van der Waals surface area (Å²) < 4.78 is 25.5. The number of hydrogen-bond donors (Lipinski definition) is 0. The van der Waals surface area contributed by atoms with Gasteiger partial charge in [-0.1, -0.05) is 0 Å². The SMILES string of the molecule is CCOC(=O)[C@@H]1CN(Cc2ccco2)C[C@@H]2CN(C(=O)C3(F)CCC3)CCN2C1.